The van der Waals surface area contributed by atoms with Crippen molar-refractivity contribution in [3.63, 3.8) is 0 Å². The topological polar surface area (TPSA) is 73.5 Å². The van der Waals surface area contributed by atoms with Gasteiger partial charge in [-0.05, 0) is 51.4 Å². The summed E-state index contributed by atoms with van der Waals surface area (Å²) in [4.78, 5) is 18.6. The van der Waals surface area contributed by atoms with E-state index < -0.39 is 0 Å². The maximum Gasteiger partial charge on any atom is 0.261 e. The molecule has 1 unspecified atom stereocenters. The molecular weight excluding hydrogens is 398 g/mol. The molecule has 2 saturated heterocycles. The summed E-state index contributed by atoms with van der Waals surface area (Å²) in [5.41, 5.74) is 4.55. The predicted molar refractivity (Wildman–Crippen MR) is 121 cm³/mol. The normalized spacial score (nSPS) is 20.1. The predicted octanol–water partition coefficient (Wildman–Crippen LogP) is 2.73. The molecule has 30 heavy (non-hydrogen) atoms. The molecule has 0 radical (unpaired) electrons. The van der Waals surface area contributed by atoms with Gasteiger partial charge in [-0.3, -0.25) is 14.8 Å². The van der Waals surface area contributed by atoms with Crippen LogP contribution in [-0.2, 0) is 11.2 Å². The zero-order valence-electron chi connectivity index (χ0n) is 18.3. The number of H-pyrrole nitrogens is 1. The van der Waals surface area contributed by atoms with Gasteiger partial charge in [-0.1, -0.05) is 6.92 Å². The van der Waals surface area contributed by atoms with Crippen molar-refractivity contribution in [1.82, 2.24) is 20.4 Å². The Labute approximate surface area is 182 Å². The number of anilines is 1. The molecule has 0 aromatic carbocycles. The molecule has 0 spiro atoms. The van der Waals surface area contributed by atoms with Crippen LogP contribution < -0.4 is 10.2 Å². The first-order valence-electron chi connectivity index (χ1n) is 11.0. The first kappa shape index (κ1) is 21.3. The van der Waals surface area contributed by atoms with Gasteiger partial charge in [0, 0.05) is 43.4 Å². The van der Waals surface area contributed by atoms with E-state index in [9.17, 15) is 4.79 Å². The average molecular weight is 432 g/mol. The van der Waals surface area contributed by atoms with Crippen LogP contribution in [0, 0.1) is 13.8 Å². The lowest BCUT2D eigenvalue weighted by atomic mass is 10.0. The van der Waals surface area contributed by atoms with E-state index in [1.807, 2.05) is 6.92 Å². The van der Waals surface area contributed by atoms with Gasteiger partial charge in [0.05, 0.1) is 28.8 Å². The number of nitrogens with zero attached hydrogens (tertiary/aromatic N) is 3. The van der Waals surface area contributed by atoms with Gasteiger partial charge < -0.3 is 15.0 Å². The van der Waals surface area contributed by atoms with Crippen LogP contribution in [0.1, 0.15) is 52.0 Å². The molecule has 0 bridgehead atoms. The fraction of sp³-hybridized carbons (Fsp3) is 0.636. The van der Waals surface area contributed by atoms with E-state index in [0.29, 0.717) is 6.04 Å². The molecule has 0 saturated carbocycles. The van der Waals surface area contributed by atoms with Gasteiger partial charge in [0.1, 0.15) is 0 Å². The van der Waals surface area contributed by atoms with Gasteiger partial charge in [0.25, 0.3) is 5.91 Å². The molecule has 164 valence electrons. The number of carbonyl (C=O) groups excluding carboxylic acids is 1. The first-order chi connectivity index (χ1) is 14.6. The van der Waals surface area contributed by atoms with Gasteiger partial charge in [-0.15, -0.1) is 11.3 Å². The maximum atomic E-state index is 13.0. The SMILES string of the molecule is CCN1CCCC1CNC(=O)c1cc(Cc2c(C)n[nH]c2C)c(N2CCOCC2)s1. The summed E-state index contributed by atoms with van der Waals surface area (Å²) in [6.45, 7) is 12.4. The van der Waals surface area contributed by atoms with E-state index in [2.05, 4.69) is 45.2 Å². The van der Waals surface area contributed by atoms with Crippen molar-refractivity contribution in [3.8, 4) is 0 Å². The number of hydrogen-bond donors (Lipinski definition) is 2. The second-order valence-corrected chi connectivity index (χ2v) is 9.30. The molecule has 0 aliphatic carbocycles. The summed E-state index contributed by atoms with van der Waals surface area (Å²) in [7, 11) is 0. The minimum Gasteiger partial charge on any atom is -0.378 e. The number of thiophene rings is 1. The number of likely N-dealkylation sites (N-methyl/N-ethyl adjacent to an activating group) is 1. The Balaban J connectivity index is 1.52. The number of hydrogen-bond acceptors (Lipinski definition) is 6. The second kappa shape index (κ2) is 9.49. The summed E-state index contributed by atoms with van der Waals surface area (Å²) >= 11 is 1.61. The van der Waals surface area contributed by atoms with Crippen molar-refractivity contribution >= 4 is 22.2 Å². The third-order valence-electron chi connectivity index (χ3n) is 6.36. The Kier molecular flexibility index (Phi) is 6.75. The van der Waals surface area contributed by atoms with E-state index in [0.717, 1.165) is 68.6 Å². The van der Waals surface area contributed by atoms with Crippen LogP contribution in [0.5, 0.6) is 0 Å². The van der Waals surface area contributed by atoms with Crippen molar-refractivity contribution in [2.45, 2.75) is 46.1 Å². The number of rotatable bonds is 7. The fourth-order valence-corrected chi connectivity index (χ4v) is 5.71. The molecule has 2 aliphatic heterocycles. The maximum absolute atomic E-state index is 13.0. The number of amides is 1. The summed E-state index contributed by atoms with van der Waals surface area (Å²) < 4.78 is 5.54. The highest BCUT2D eigenvalue weighted by molar-refractivity contribution is 7.18. The number of aromatic amines is 1. The lowest BCUT2D eigenvalue weighted by Gasteiger charge is -2.28. The number of nitrogens with one attached hydrogen (secondary N) is 2. The van der Waals surface area contributed by atoms with Crippen molar-refractivity contribution in [2.75, 3.05) is 50.8 Å². The van der Waals surface area contributed by atoms with E-state index >= 15 is 0 Å². The minimum atomic E-state index is 0.0457. The van der Waals surface area contributed by atoms with Crippen LogP contribution in [0.25, 0.3) is 0 Å². The lowest BCUT2D eigenvalue weighted by Crippen LogP contribution is -2.39. The molecule has 2 aromatic heterocycles. The minimum absolute atomic E-state index is 0.0457. The molecule has 1 amide bonds. The fourth-order valence-electron chi connectivity index (χ4n) is 4.56. The lowest BCUT2D eigenvalue weighted by molar-refractivity contribution is 0.0945. The quantitative estimate of drug-likeness (QED) is 0.705. The molecule has 1 atom stereocenters. The standard InChI is InChI=1S/C22H33N5O2S/c1-4-26-7-5-6-18(26)14-23-21(28)20-13-17(12-19-15(2)24-25-16(19)3)22(30-20)27-8-10-29-11-9-27/h13,18H,4-12,14H2,1-3H3,(H,23,28)(H,24,25). The summed E-state index contributed by atoms with van der Waals surface area (Å²) in [6, 6.07) is 2.55. The summed E-state index contributed by atoms with van der Waals surface area (Å²) in [5, 5.41) is 11.8. The van der Waals surface area contributed by atoms with Gasteiger partial charge >= 0.3 is 0 Å². The van der Waals surface area contributed by atoms with Crippen molar-refractivity contribution in [3.05, 3.63) is 33.5 Å². The molecular formula is C22H33N5O2S. The van der Waals surface area contributed by atoms with Crippen LogP contribution in [-0.4, -0.2) is 73.0 Å². The highest BCUT2D eigenvalue weighted by Gasteiger charge is 2.25. The molecule has 8 heteroatoms. The Hall–Kier alpha value is -1.90. The van der Waals surface area contributed by atoms with Crippen LogP contribution in [0.4, 0.5) is 5.00 Å². The Morgan fingerprint density at radius 1 is 1.33 bits per heavy atom. The molecule has 2 aliphatic rings. The number of aryl methyl sites for hydroxylation is 2. The van der Waals surface area contributed by atoms with E-state index in [4.69, 9.17) is 4.74 Å². The number of ether oxygens (including phenoxy) is 1. The van der Waals surface area contributed by atoms with Crippen molar-refractivity contribution in [2.24, 2.45) is 0 Å². The summed E-state index contributed by atoms with van der Waals surface area (Å²) in [6.07, 6.45) is 3.18. The van der Waals surface area contributed by atoms with E-state index in [1.54, 1.807) is 11.3 Å². The highest BCUT2D eigenvalue weighted by Crippen LogP contribution is 2.35. The smallest absolute Gasteiger partial charge is 0.261 e. The van der Waals surface area contributed by atoms with Crippen molar-refractivity contribution < 1.29 is 9.53 Å². The van der Waals surface area contributed by atoms with Crippen LogP contribution in [0.15, 0.2) is 6.07 Å². The highest BCUT2D eigenvalue weighted by atomic mass is 32.1. The monoisotopic (exact) mass is 431 g/mol. The third kappa shape index (κ3) is 4.55. The summed E-state index contributed by atoms with van der Waals surface area (Å²) in [5.74, 6) is 0.0457. The Bertz CT molecular complexity index is 852. The molecule has 4 rings (SSSR count). The van der Waals surface area contributed by atoms with E-state index in [1.165, 1.54) is 29.0 Å². The number of morpholine rings is 1. The van der Waals surface area contributed by atoms with E-state index in [-0.39, 0.29) is 5.91 Å². The van der Waals surface area contributed by atoms with Crippen LogP contribution >= 0.6 is 11.3 Å². The van der Waals surface area contributed by atoms with Crippen LogP contribution in [0.2, 0.25) is 0 Å². The van der Waals surface area contributed by atoms with Gasteiger partial charge in [0.2, 0.25) is 0 Å². The number of carbonyl (C=O) groups is 1. The zero-order valence-corrected chi connectivity index (χ0v) is 19.1. The van der Waals surface area contributed by atoms with Gasteiger partial charge in [-0.25, -0.2) is 0 Å². The molecule has 2 aromatic rings. The number of likely N-dealkylation sites (tertiary alicyclic amines) is 1. The largest absolute Gasteiger partial charge is 0.378 e. The Morgan fingerprint density at radius 2 is 2.13 bits per heavy atom. The Morgan fingerprint density at radius 3 is 2.83 bits per heavy atom. The van der Waals surface area contributed by atoms with Crippen LogP contribution in [0.3, 0.4) is 0 Å². The van der Waals surface area contributed by atoms with Gasteiger partial charge in [0.15, 0.2) is 0 Å². The average Bonchev–Trinajstić information content (AvgIpc) is 3.48. The third-order valence-corrected chi connectivity index (χ3v) is 7.60. The second-order valence-electron chi connectivity index (χ2n) is 8.26. The molecule has 2 fully saturated rings. The zero-order chi connectivity index (χ0) is 21.1. The first-order valence-corrected chi connectivity index (χ1v) is 11.9. The van der Waals surface area contributed by atoms with Crippen molar-refractivity contribution in [1.29, 1.82) is 0 Å². The molecule has 2 N–H and O–H groups in total. The number of aromatic nitrogens is 2. The molecule has 4 heterocycles. The van der Waals surface area contributed by atoms with Gasteiger partial charge in [-0.2, -0.15) is 5.10 Å². The molecule has 7 nitrogen and oxygen atoms in total.